The number of aromatic nitrogens is 1. The van der Waals surface area contributed by atoms with Crippen LogP contribution in [0, 0.1) is 0 Å². The van der Waals surface area contributed by atoms with Crippen LogP contribution >= 0.6 is 0 Å². The molecule has 88 valence electrons. The fourth-order valence-corrected chi connectivity index (χ4v) is 1.27. The van der Waals surface area contributed by atoms with Gasteiger partial charge in [0, 0.05) is 19.3 Å². The first-order valence-corrected chi connectivity index (χ1v) is 4.90. The van der Waals surface area contributed by atoms with Gasteiger partial charge in [-0.3, -0.25) is 4.98 Å². The molecular formula is C10H11F3N2O. The number of ether oxygens (including phenoxy) is 1. The first-order chi connectivity index (χ1) is 7.55. The van der Waals surface area contributed by atoms with Gasteiger partial charge in [0.05, 0.1) is 12.7 Å². The number of pyridine rings is 1. The maximum atomic E-state index is 12.2. The maximum absolute atomic E-state index is 12.2. The van der Waals surface area contributed by atoms with Gasteiger partial charge < -0.3 is 10.1 Å². The van der Waals surface area contributed by atoms with Crippen molar-refractivity contribution in [3.8, 4) is 0 Å². The molecule has 1 N–H and O–H groups in total. The van der Waals surface area contributed by atoms with Crippen molar-refractivity contribution in [3.05, 3.63) is 29.6 Å². The topological polar surface area (TPSA) is 34.1 Å². The summed E-state index contributed by atoms with van der Waals surface area (Å²) < 4.78 is 42.0. The molecule has 1 saturated heterocycles. The number of alkyl halides is 3. The van der Waals surface area contributed by atoms with Crippen LogP contribution < -0.4 is 5.32 Å². The zero-order valence-corrected chi connectivity index (χ0v) is 8.42. The quantitative estimate of drug-likeness (QED) is 0.859. The van der Waals surface area contributed by atoms with Crippen molar-refractivity contribution in [1.82, 2.24) is 10.3 Å². The summed E-state index contributed by atoms with van der Waals surface area (Å²) in [7, 11) is 0. The molecule has 0 bridgehead atoms. The smallest absolute Gasteiger partial charge is 0.371 e. The predicted molar refractivity (Wildman–Crippen MR) is 50.7 cm³/mol. The Balaban J connectivity index is 1.91. The Morgan fingerprint density at radius 2 is 2.12 bits per heavy atom. The fraction of sp³-hybridized carbons (Fsp3) is 0.500. The lowest BCUT2D eigenvalue weighted by molar-refractivity contribution is -0.141. The minimum Gasteiger partial charge on any atom is -0.371 e. The molecule has 0 amide bonds. The van der Waals surface area contributed by atoms with E-state index in [0.29, 0.717) is 12.2 Å². The van der Waals surface area contributed by atoms with Crippen LogP contribution in [0.3, 0.4) is 0 Å². The number of hydrogen-bond donors (Lipinski definition) is 1. The lowest BCUT2D eigenvalue weighted by Gasteiger charge is -2.27. The molecule has 3 nitrogen and oxygen atoms in total. The van der Waals surface area contributed by atoms with Gasteiger partial charge in [-0.05, 0) is 11.6 Å². The Morgan fingerprint density at radius 1 is 1.38 bits per heavy atom. The maximum Gasteiger partial charge on any atom is 0.433 e. The van der Waals surface area contributed by atoms with Crippen molar-refractivity contribution in [1.29, 1.82) is 0 Å². The van der Waals surface area contributed by atoms with Gasteiger partial charge in [-0.15, -0.1) is 0 Å². The van der Waals surface area contributed by atoms with Crippen LogP contribution in [-0.2, 0) is 17.5 Å². The van der Waals surface area contributed by atoms with E-state index in [4.69, 9.17) is 4.74 Å². The molecule has 1 aromatic rings. The molecule has 0 radical (unpaired) electrons. The van der Waals surface area contributed by atoms with Crippen LogP contribution in [-0.4, -0.2) is 24.2 Å². The third-order valence-corrected chi connectivity index (χ3v) is 2.34. The molecular weight excluding hydrogens is 221 g/mol. The van der Waals surface area contributed by atoms with Gasteiger partial charge in [0.2, 0.25) is 0 Å². The summed E-state index contributed by atoms with van der Waals surface area (Å²) in [5, 5.41) is 3.04. The zero-order valence-electron chi connectivity index (χ0n) is 8.42. The second-order valence-electron chi connectivity index (χ2n) is 3.64. The summed E-state index contributed by atoms with van der Waals surface area (Å²) in [5.74, 6) is 0. The van der Waals surface area contributed by atoms with E-state index in [0.717, 1.165) is 19.2 Å². The summed E-state index contributed by atoms with van der Waals surface area (Å²) in [6, 6.07) is 2.36. The van der Waals surface area contributed by atoms with Crippen LogP contribution in [0.5, 0.6) is 0 Å². The highest BCUT2D eigenvalue weighted by atomic mass is 19.4. The van der Waals surface area contributed by atoms with Gasteiger partial charge >= 0.3 is 6.18 Å². The highest BCUT2D eigenvalue weighted by Crippen LogP contribution is 2.27. The normalized spacial score (nSPS) is 17.2. The molecule has 16 heavy (non-hydrogen) atoms. The largest absolute Gasteiger partial charge is 0.433 e. The number of halogens is 3. The van der Waals surface area contributed by atoms with Crippen molar-refractivity contribution >= 4 is 0 Å². The molecule has 0 atom stereocenters. The van der Waals surface area contributed by atoms with Crippen molar-refractivity contribution in [3.63, 3.8) is 0 Å². The highest BCUT2D eigenvalue weighted by Gasteiger charge is 2.32. The summed E-state index contributed by atoms with van der Waals surface area (Å²) >= 11 is 0. The third-order valence-electron chi connectivity index (χ3n) is 2.34. The molecule has 1 fully saturated rings. The lowest BCUT2D eigenvalue weighted by atomic mass is 10.2. The Morgan fingerprint density at radius 3 is 2.56 bits per heavy atom. The molecule has 2 heterocycles. The molecule has 0 aliphatic carbocycles. The number of nitrogens with one attached hydrogen (secondary N) is 1. The molecule has 6 heteroatoms. The summed E-state index contributed by atoms with van der Waals surface area (Å²) in [6.07, 6.45) is -3.01. The van der Waals surface area contributed by atoms with Crippen LogP contribution in [0.4, 0.5) is 13.2 Å². The van der Waals surface area contributed by atoms with Crippen molar-refractivity contribution in [2.24, 2.45) is 0 Å². The summed E-state index contributed by atoms with van der Waals surface area (Å²) in [6.45, 7) is 1.90. The van der Waals surface area contributed by atoms with E-state index in [1.807, 2.05) is 0 Å². The Bertz CT molecular complexity index is 346. The summed E-state index contributed by atoms with van der Waals surface area (Å²) in [4.78, 5) is 3.35. The van der Waals surface area contributed by atoms with Crippen LogP contribution in [0.15, 0.2) is 18.3 Å². The van der Waals surface area contributed by atoms with Crippen molar-refractivity contribution in [2.75, 3.05) is 13.1 Å². The van der Waals surface area contributed by atoms with Crippen LogP contribution in [0.1, 0.15) is 11.3 Å². The minimum atomic E-state index is -4.38. The van der Waals surface area contributed by atoms with Crippen LogP contribution in [0.25, 0.3) is 0 Å². The molecule has 1 aliphatic rings. The molecule has 0 spiro atoms. The van der Waals surface area contributed by atoms with Crippen LogP contribution in [0.2, 0.25) is 0 Å². The average molecular weight is 232 g/mol. The molecule has 0 unspecified atom stereocenters. The second kappa shape index (κ2) is 4.39. The van der Waals surface area contributed by atoms with Gasteiger partial charge in [0.25, 0.3) is 0 Å². The number of hydrogen-bond acceptors (Lipinski definition) is 3. The standard InChI is InChI=1S/C10H11F3N2O/c11-10(12,13)9-2-1-7(3-15-9)6-16-8-4-14-5-8/h1-3,8,14H,4-6H2. The Kier molecular flexibility index (Phi) is 3.11. The van der Waals surface area contributed by atoms with E-state index in [-0.39, 0.29) is 6.10 Å². The predicted octanol–water partition coefficient (Wildman–Crippen LogP) is 1.59. The van der Waals surface area contributed by atoms with E-state index >= 15 is 0 Å². The Hall–Kier alpha value is -1.14. The van der Waals surface area contributed by atoms with E-state index in [1.54, 1.807) is 0 Å². The van der Waals surface area contributed by atoms with E-state index in [1.165, 1.54) is 12.3 Å². The average Bonchev–Trinajstić information content (AvgIpc) is 2.15. The van der Waals surface area contributed by atoms with Gasteiger partial charge in [-0.25, -0.2) is 0 Å². The number of nitrogens with zero attached hydrogens (tertiary/aromatic N) is 1. The Labute approximate surface area is 90.6 Å². The van der Waals surface area contributed by atoms with E-state index in [9.17, 15) is 13.2 Å². The second-order valence-corrected chi connectivity index (χ2v) is 3.64. The van der Waals surface area contributed by atoms with Crippen molar-refractivity contribution < 1.29 is 17.9 Å². The van der Waals surface area contributed by atoms with Gasteiger partial charge in [-0.1, -0.05) is 6.07 Å². The highest BCUT2D eigenvalue weighted by molar-refractivity contribution is 5.15. The molecule has 0 aromatic carbocycles. The summed E-state index contributed by atoms with van der Waals surface area (Å²) in [5.41, 5.74) is -0.221. The minimum absolute atomic E-state index is 0.169. The molecule has 1 aliphatic heterocycles. The van der Waals surface area contributed by atoms with Gasteiger partial charge in [0.15, 0.2) is 0 Å². The third kappa shape index (κ3) is 2.70. The fourth-order valence-electron chi connectivity index (χ4n) is 1.27. The van der Waals surface area contributed by atoms with Gasteiger partial charge in [0.1, 0.15) is 5.69 Å². The molecule has 0 saturated carbocycles. The van der Waals surface area contributed by atoms with Crippen molar-refractivity contribution in [2.45, 2.75) is 18.9 Å². The molecule has 1 aromatic heterocycles. The first-order valence-electron chi connectivity index (χ1n) is 4.90. The molecule has 2 rings (SSSR count). The SMILES string of the molecule is FC(F)(F)c1ccc(COC2CNC2)cn1. The monoisotopic (exact) mass is 232 g/mol. The lowest BCUT2D eigenvalue weighted by Crippen LogP contribution is -2.48. The van der Waals surface area contributed by atoms with E-state index < -0.39 is 11.9 Å². The van der Waals surface area contributed by atoms with E-state index in [2.05, 4.69) is 10.3 Å². The zero-order chi connectivity index (χ0) is 11.6. The first kappa shape index (κ1) is 11.3. The van der Waals surface area contributed by atoms with Gasteiger partial charge in [-0.2, -0.15) is 13.2 Å². The number of rotatable bonds is 3.